The molecule has 0 saturated heterocycles. The summed E-state index contributed by atoms with van der Waals surface area (Å²) in [7, 11) is 0. The average Bonchev–Trinajstić information content (AvgIpc) is 2.19. The minimum Gasteiger partial charge on any atom is -0.327 e. The number of alkyl halides is 1. The van der Waals surface area contributed by atoms with Crippen LogP contribution in [0.4, 0.5) is 4.39 Å². The van der Waals surface area contributed by atoms with E-state index in [-0.39, 0.29) is 37.9 Å². The highest BCUT2D eigenvalue weighted by Gasteiger charge is 2.25. The van der Waals surface area contributed by atoms with Crippen molar-refractivity contribution < 1.29 is 4.39 Å². The first-order valence-electron chi connectivity index (χ1n) is 4.33. The molecule has 0 fully saturated rings. The highest BCUT2D eigenvalue weighted by molar-refractivity contribution is 5.85. The van der Waals surface area contributed by atoms with Gasteiger partial charge in [0.05, 0.1) is 0 Å². The molecule has 0 aromatic heterocycles. The van der Waals surface area contributed by atoms with Crippen molar-refractivity contribution in [2.75, 3.05) is 13.1 Å². The second kappa shape index (κ2) is 7.88. The van der Waals surface area contributed by atoms with Crippen molar-refractivity contribution in [1.29, 1.82) is 0 Å². The summed E-state index contributed by atoms with van der Waals surface area (Å²) in [6, 6.07) is 9.40. The van der Waals surface area contributed by atoms with E-state index in [1.165, 1.54) is 0 Å². The van der Waals surface area contributed by atoms with Gasteiger partial charge in [0.25, 0.3) is 0 Å². The molecule has 88 valence electrons. The van der Waals surface area contributed by atoms with Gasteiger partial charge >= 0.3 is 0 Å². The molecule has 4 N–H and O–H groups in total. The van der Waals surface area contributed by atoms with Crippen LogP contribution >= 0.6 is 24.8 Å². The van der Waals surface area contributed by atoms with Gasteiger partial charge in [-0.2, -0.15) is 0 Å². The third-order valence-corrected chi connectivity index (χ3v) is 2.10. The Morgan fingerprint density at radius 2 is 1.47 bits per heavy atom. The Labute approximate surface area is 102 Å². The van der Waals surface area contributed by atoms with E-state index in [0.29, 0.717) is 6.42 Å². The number of hydrogen-bond acceptors (Lipinski definition) is 2. The Hall–Kier alpha value is -0.350. The Kier molecular flexibility index (Phi) is 8.96. The molecule has 0 atom stereocenters. The summed E-state index contributed by atoms with van der Waals surface area (Å²) in [6.07, 6.45) is 0.292. The number of benzene rings is 1. The van der Waals surface area contributed by atoms with Gasteiger partial charge in [-0.15, -0.1) is 24.8 Å². The zero-order valence-corrected chi connectivity index (χ0v) is 9.99. The highest BCUT2D eigenvalue weighted by Crippen LogP contribution is 2.15. The Balaban J connectivity index is 0. The minimum atomic E-state index is -1.46. The van der Waals surface area contributed by atoms with Gasteiger partial charge in [-0.1, -0.05) is 30.3 Å². The molecule has 0 saturated carbocycles. The smallest absolute Gasteiger partial charge is 0.139 e. The molecule has 0 amide bonds. The molecule has 1 aromatic rings. The van der Waals surface area contributed by atoms with Gasteiger partial charge in [-0.05, 0) is 5.56 Å². The number of halogens is 3. The second-order valence-corrected chi connectivity index (χ2v) is 3.22. The van der Waals surface area contributed by atoms with Crippen LogP contribution in [-0.4, -0.2) is 18.8 Å². The molecule has 5 heteroatoms. The van der Waals surface area contributed by atoms with Crippen molar-refractivity contribution in [2.24, 2.45) is 11.5 Å². The van der Waals surface area contributed by atoms with Crippen molar-refractivity contribution in [2.45, 2.75) is 12.1 Å². The van der Waals surface area contributed by atoms with Gasteiger partial charge in [0.1, 0.15) is 5.67 Å². The van der Waals surface area contributed by atoms with Crippen LogP contribution in [-0.2, 0) is 6.42 Å². The lowest BCUT2D eigenvalue weighted by atomic mass is 9.97. The fourth-order valence-electron chi connectivity index (χ4n) is 1.19. The second-order valence-electron chi connectivity index (χ2n) is 3.22. The Morgan fingerprint density at radius 3 is 1.87 bits per heavy atom. The summed E-state index contributed by atoms with van der Waals surface area (Å²) >= 11 is 0. The van der Waals surface area contributed by atoms with E-state index in [2.05, 4.69) is 0 Å². The van der Waals surface area contributed by atoms with E-state index in [1.807, 2.05) is 30.3 Å². The summed E-state index contributed by atoms with van der Waals surface area (Å²) in [5, 5.41) is 0. The maximum Gasteiger partial charge on any atom is 0.139 e. The normalized spacial score (nSPS) is 10.1. The summed E-state index contributed by atoms with van der Waals surface area (Å²) < 4.78 is 13.7. The van der Waals surface area contributed by atoms with Crippen LogP contribution in [0.5, 0.6) is 0 Å². The lowest BCUT2D eigenvalue weighted by molar-refractivity contribution is 0.184. The molecular weight excluding hydrogens is 238 g/mol. The molecule has 1 aromatic carbocycles. The molecule has 0 bridgehead atoms. The molecule has 0 aliphatic heterocycles. The van der Waals surface area contributed by atoms with Gasteiger partial charge < -0.3 is 11.5 Å². The van der Waals surface area contributed by atoms with Crippen LogP contribution in [0.1, 0.15) is 5.56 Å². The predicted octanol–water partition coefficient (Wildman–Crippen LogP) is 1.70. The van der Waals surface area contributed by atoms with Crippen LogP contribution in [0.15, 0.2) is 30.3 Å². The summed E-state index contributed by atoms with van der Waals surface area (Å²) in [5.41, 5.74) is 10.1. The predicted molar refractivity (Wildman–Crippen MR) is 66.6 cm³/mol. The lowest BCUT2D eigenvalue weighted by Crippen LogP contribution is -2.42. The fourth-order valence-corrected chi connectivity index (χ4v) is 1.19. The fraction of sp³-hybridized carbons (Fsp3) is 0.400. The van der Waals surface area contributed by atoms with E-state index in [1.54, 1.807) is 0 Å². The van der Waals surface area contributed by atoms with Crippen molar-refractivity contribution in [3.8, 4) is 0 Å². The van der Waals surface area contributed by atoms with Crippen molar-refractivity contribution in [1.82, 2.24) is 0 Å². The van der Waals surface area contributed by atoms with Crippen LogP contribution < -0.4 is 11.5 Å². The van der Waals surface area contributed by atoms with E-state index in [0.717, 1.165) is 5.56 Å². The summed E-state index contributed by atoms with van der Waals surface area (Å²) in [6.45, 7) is -0.0587. The Bertz CT molecular complexity index is 253. The molecule has 0 radical (unpaired) electrons. The van der Waals surface area contributed by atoms with Gasteiger partial charge in [-0.3, -0.25) is 0 Å². The summed E-state index contributed by atoms with van der Waals surface area (Å²) in [5.74, 6) is 0. The van der Waals surface area contributed by atoms with Gasteiger partial charge in [0, 0.05) is 19.5 Å². The number of rotatable bonds is 4. The quantitative estimate of drug-likeness (QED) is 0.860. The molecule has 1 rings (SSSR count). The van der Waals surface area contributed by atoms with E-state index >= 15 is 0 Å². The first kappa shape index (κ1) is 17.1. The maximum absolute atomic E-state index is 13.7. The molecule has 2 nitrogen and oxygen atoms in total. The van der Waals surface area contributed by atoms with E-state index in [4.69, 9.17) is 11.5 Å². The monoisotopic (exact) mass is 254 g/mol. The lowest BCUT2D eigenvalue weighted by Gasteiger charge is -2.21. The SMILES string of the molecule is Cl.Cl.NCC(F)(CN)Cc1ccccc1. The topological polar surface area (TPSA) is 52.0 Å². The molecule has 0 unspecified atom stereocenters. The van der Waals surface area contributed by atoms with Crippen molar-refractivity contribution in [3.05, 3.63) is 35.9 Å². The molecule has 15 heavy (non-hydrogen) atoms. The van der Waals surface area contributed by atoms with Gasteiger partial charge in [-0.25, -0.2) is 4.39 Å². The van der Waals surface area contributed by atoms with Crippen LogP contribution in [0, 0.1) is 0 Å². The largest absolute Gasteiger partial charge is 0.327 e. The molecule has 0 heterocycles. The summed E-state index contributed by atoms with van der Waals surface area (Å²) in [4.78, 5) is 0. The third kappa shape index (κ3) is 5.33. The van der Waals surface area contributed by atoms with Gasteiger partial charge in [0.15, 0.2) is 0 Å². The van der Waals surface area contributed by atoms with Crippen LogP contribution in [0.2, 0.25) is 0 Å². The zero-order valence-electron chi connectivity index (χ0n) is 8.36. The molecule has 0 aliphatic rings. The van der Waals surface area contributed by atoms with Crippen molar-refractivity contribution >= 4 is 24.8 Å². The average molecular weight is 255 g/mol. The first-order valence-corrected chi connectivity index (χ1v) is 4.33. The Morgan fingerprint density at radius 1 is 1.00 bits per heavy atom. The minimum absolute atomic E-state index is 0. The van der Waals surface area contributed by atoms with Crippen LogP contribution in [0.3, 0.4) is 0 Å². The van der Waals surface area contributed by atoms with E-state index < -0.39 is 5.67 Å². The molecule has 0 aliphatic carbocycles. The van der Waals surface area contributed by atoms with E-state index in [9.17, 15) is 4.39 Å². The van der Waals surface area contributed by atoms with Gasteiger partial charge in [0.2, 0.25) is 0 Å². The third-order valence-electron chi connectivity index (χ3n) is 2.10. The zero-order chi connectivity index (χ0) is 9.73. The molecular formula is C10H17Cl2FN2. The molecule has 0 spiro atoms. The standard InChI is InChI=1S/C10H15FN2.2ClH/c11-10(7-12,8-13)6-9-4-2-1-3-5-9;;/h1-5H,6-8,12-13H2;2*1H. The number of nitrogens with two attached hydrogens (primary N) is 2. The highest BCUT2D eigenvalue weighted by atomic mass is 35.5. The first-order chi connectivity index (χ1) is 6.20. The van der Waals surface area contributed by atoms with Crippen LogP contribution in [0.25, 0.3) is 0 Å². The number of hydrogen-bond donors (Lipinski definition) is 2. The maximum atomic E-state index is 13.7. The van der Waals surface area contributed by atoms with Crippen molar-refractivity contribution in [3.63, 3.8) is 0 Å².